The minimum atomic E-state index is -0.405. The number of non-ortho nitro benzene ring substituents is 1. The van der Waals surface area contributed by atoms with E-state index in [2.05, 4.69) is 4.90 Å². The topological polar surface area (TPSA) is 66.6 Å². The second-order valence-corrected chi connectivity index (χ2v) is 5.82. The van der Waals surface area contributed by atoms with E-state index in [9.17, 15) is 15.2 Å². The smallest absolute Gasteiger partial charge is 0.269 e. The molecular weight excluding hydrogens is 256 g/mol. The lowest BCUT2D eigenvalue weighted by Crippen LogP contribution is -2.43. The first kappa shape index (κ1) is 13.4. The molecule has 2 unspecified atom stereocenters. The SMILES string of the molecule is O=[N+]([O-])c1ccc(N2CCCC3CCCC32)c(CO)c1. The number of fused-ring (bicyclic) bond motifs is 1. The highest BCUT2D eigenvalue weighted by molar-refractivity contribution is 5.59. The lowest BCUT2D eigenvalue weighted by molar-refractivity contribution is -0.384. The average molecular weight is 276 g/mol. The van der Waals surface area contributed by atoms with Crippen molar-refractivity contribution in [2.75, 3.05) is 11.4 Å². The Morgan fingerprint density at radius 3 is 2.85 bits per heavy atom. The highest BCUT2D eigenvalue weighted by Gasteiger charge is 2.35. The molecule has 3 rings (SSSR count). The average Bonchev–Trinajstić information content (AvgIpc) is 2.94. The lowest BCUT2D eigenvalue weighted by atomic mass is 9.91. The summed E-state index contributed by atoms with van der Waals surface area (Å²) in [5, 5.41) is 20.4. The minimum absolute atomic E-state index is 0.0535. The summed E-state index contributed by atoms with van der Waals surface area (Å²) in [6, 6.07) is 5.42. The zero-order valence-corrected chi connectivity index (χ0v) is 11.5. The van der Waals surface area contributed by atoms with E-state index in [1.165, 1.54) is 38.2 Å². The fourth-order valence-corrected chi connectivity index (χ4v) is 3.85. The monoisotopic (exact) mass is 276 g/mol. The van der Waals surface area contributed by atoms with Crippen molar-refractivity contribution in [3.05, 3.63) is 33.9 Å². The molecule has 2 fully saturated rings. The maximum atomic E-state index is 10.8. The predicted molar refractivity (Wildman–Crippen MR) is 76.7 cm³/mol. The molecule has 5 heteroatoms. The lowest BCUT2D eigenvalue weighted by Gasteiger charge is -2.40. The molecule has 0 radical (unpaired) electrons. The van der Waals surface area contributed by atoms with Crippen molar-refractivity contribution in [2.45, 2.75) is 44.8 Å². The van der Waals surface area contributed by atoms with Crippen molar-refractivity contribution in [1.82, 2.24) is 0 Å². The van der Waals surface area contributed by atoms with E-state index in [-0.39, 0.29) is 12.3 Å². The number of nitro groups is 1. The largest absolute Gasteiger partial charge is 0.392 e. The molecule has 2 atom stereocenters. The van der Waals surface area contributed by atoms with Crippen molar-refractivity contribution in [3.8, 4) is 0 Å². The molecule has 1 saturated carbocycles. The molecule has 1 heterocycles. The van der Waals surface area contributed by atoms with Crippen LogP contribution in [0.4, 0.5) is 11.4 Å². The molecule has 1 saturated heterocycles. The quantitative estimate of drug-likeness (QED) is 0.681. The number of piperidine rings is 1. The van der Waals surface area contributed by atoms with Gasteiger partial charge in [0.15, 0.2) is 0 Å². The van der Waals surface area contributed by atoms with Gasteiger partial charge in [-0.2, -0.15) is 0 Å². The van der Waals surface area contributed by atoms with E-state index < -0.39 is 4.92 Å². The van der Waals surface area contributed by atoms with E-state index >= 15 is 0 Å². The van der Waals surface area contributed by atoms with Gasteiger partial charge in [0.05, 0.1) is 11.5 Å². The molecule has 5 nitrogen and oxygen atoms in total. The summed E-state index contributed by atoms with van der Waals surface area (Å²) < 4.78 is 0. The van der Waals surface area contributed by atoms with E-state index in [1.807, 2.05) is 6.07 Å². The Morgan fingerprint density at radius 2 is 2.10 bits per heavy atom. The van der Waals surface area contributed by atoms with Gasteiger partial charge in [-0.15, -0.1) is 0 Å². The van der Waals surface area contributed by atoms with Crippen molar-refractivity contribution in [1.29, 1.82) is 0 Å². The van der Waals surface area contributed by atoms with E-state index in [4.69, 9.17) is 0 Å². The number of rotatable bonds is 3. The predicted octanol–water partition coefficient (Wildman–Crippen LogP) is 2.86. The Morgan fingerprint density at radius 1 is 1.30 bits per heavy atom. The number of nitro benzene ring substituents is 1. The summed E-state index contributed by atoms with van der Waals surface area (Å²) in [6.07, 6.45) is 6.23. The molecule has 2 aliphatic rings. The van der Waals surface area contributed by atoms with Gasteiger partial charge >= 0.3 is 0 Å². The van der Waals surface area contributed by atoms with Crippen LogP contribution < -0.4 is 4.90 Å². The third-order valence-corrected chi connectivity index (χ3v) is 4.75. The number of anilines is 1. The fraction of sp³-hybridized carbons (Fsp3) is 0.600. The van der Waals surface area contributed by atoms with E-state index in [0.717, 1.165) is 18.2 Å². The molecule has 1 aromatic rings. The standard InChI is InChI=1S/C15H20N2O3/c18-10-12-9-13(17(19)20)6-7-15(12)16-8-2-4-11-3-1-5-14(11)16/h6-7,9,11,14,18H,1-5,8,10H2. The zero-order valence-electron chi connectivity index (χ0n) is 11.5. The second kappa shape index (κ2) is 5.40. The van der Waals surface area contributed by atoms with Crippen molar-refractivity contribution >= 4 is 11.4 Å². The number of aliphatic hydroxyl groups excluding tert-OH is 1. The molecule has 1 aromatic carbocycles. The number of hydrogen-bond donors (Lipinski definition) is 1. The number of nitrogens with zero attached hydrogens (tertiary/aromatic N) is 2. The van der Waals surface area contributed by atoms with Gasteiger partial charge < -0.3 is 10.0 Å². The minimum Gasteiger partial charge on any atom is -0.392 e. The van der Waals surface area contributed by atoms with Gasteiger partial charge in [0.1, 0.15) is 0 Å². The summed E-state index contributed by atoms with van der Waals surface area (Å²) in [5.74, 6) is 0.755. The van der Waals surface area contributed by atoms with Gasteiger partial charge in [0, 0.05) is 36.0 Å². The molecule has 108 valence electrons. The molecule has 20 heavy (non-hydrogen) atoms. The Labute approximate surface area is 118 Å². The van der Waals surface area contributed by atoms with Crippen LogP contribution in [0.15, 0.2) is 18.2 Å². The number of aliphatic hydroxyl groups is 1. The first-order valence-corrected chi connectivity index (χ1v) is 7.35. The van der Waals surface area contributed by atoms with Crippen LogP contribution >= 0.6 is 0 Å². The maximum Gasteiger partial charge on any atom is 0.269 e. The summed E-state index contributed by atoms with van der Waals surface area (Å²) in [7, 11) is 0. The van der Waals surface area contributed by atoms with Crippen LogP contribution in [0.2, 0.25) is 0 Å². The van der Waals surface area contributed by atoms with Crippen LogP contribution in [0.1, 0.15) is 37.7 Å². The van der Waals surface area contributed by atoms with Gasteiger partial charge in [0.25, 0.3) is 5.69 Å². The maximum absolute atomic E-state index is 10.8. The first-order chi connectivity index (χ1) is 9.70. The molecule has 0 spiro atoms. The summed E-state index contributed by atoms with van der Waals surface area (Å²) in [4.78, 5) is 12.8. The number of hydrogen-bond acceptors (Lipinski definition) is 4. The first-order valence-electron chi connectivity index (χ1n) is 7.35. The molecule has 0 aromatic heterocycles. The third-order valence-electron chi connectivity index (χ3n) is 4.75. The van der Waals surface area contributed by atoms with Crippen LogP contribution in [0.25, 0.3) is 0 Å². The van der Waals surface area contributed by atoms with Gasteiger partial charge in [-0.25, -0.2) is 0 Å². The Hall–Kier alpha value is -1.62. The molecular formula is C15H20N2O3. The van der Waals surface area contributed by atoms with E-state index in [0.29, 0.717) is 11.6 Å². The summed E-state index contributed by atoms with van der Waals surface area (Å²) >= 11 is 0. The van der Waals surface area contributed by atoms with Crippen LogP contribution in [-0.2, 0) is 6.61 Å². The van der Waals surface area contributed by atoms with Crippen molar-refractivity contribution in [3.63, 3.8) is 0 Å². The number of benzene rings is 1. The fourth-order valence-electron chi connectivity index (χ4n) is 3.85. The Balaban J connectivity index is 1.94. The highest BCUT2D eigenvalue weighted by atomic mass is 16.6. The Bertz CT molecular complexity index is 518. The van der Waals surface area contributed by atoms with Crippen LogP contribution in [0.3, 0.4) is 0 Å². The van der Waals surface area contributed by atoms with Gasteiger partial charge in [-0.3, -0.25) is 10.1 Å². The second-order valence-electron chi connectivity index (χ2n) is 5.82. The zero-order chi connectivity index (χ0) is 14.1. The molecule has 1 aliphatic carbocycles. The molecule has 0 bridgehead atoms. The van der Waals surface area contributed by atoms with Crippen molar-refractivity contribution < 1.29 is 10.0 Å². The third kappa shape index (κ3) is 2.26. The van der Waals surface area contributed by atoms with Crippen LogP contribution in [-0.4, -0.2) is 22.6 Å². The molecule has 0 amide bonds. The van der Waals surface area contributed by atoms with Gasteiger partial charge in [-0.05, 0) is 37.7 Å². The van der Waals surface area contributed by atoms with Crippen LogP contribution in [0, 0.1) is 16.0 Å². The normalized spacial score (nSPS) is 25.6. The van der Waals surface area contributed by atoms with Gasteiger partial charge in [-0.1, -0.05) is 6.42 Å². The van der Waals surface area contributed by atoms with Gasteiger partial charge in [0.2, 0.25) is 0 Å². The summed E-state index contributed by atoms with van der Waals surface area (Å²) in [5.41, 5.74) is 1.71. The molecule has 1 aliphatic heterocycles. The highest BCUT2D eigenvalue weighted by Crippen LogP contribution is 2.40. The van der Waals surface area contributed by atoms with Crippen LogP contribution in [0.5, 0.6) is 0 Å². The Kier molecular flexibility index (Phi) is 3.61. The molecule has 1 N–H and O–H groups in total. The van der Waals surface area contributed by atoms with E-state index in [1.54, 1.807) is 6.07 Å². The summed E-state index contributed by atoms with van der Waals surface area (Å²) in [6.45, 7) is 0.844. The van der Waals surface area contributed by atoms with Crippen molar-refractivity contribution in [2.24, 2.45) is 5.92 Å².